The van der Waals surface area contributed by atoms with E-state index in [2.05, 4.69) is 15.2 Å². The SMILES string of the molecule is COc1cc(F)cc(Cn2ccn(-c3ccc(-c4cn[nH]c4)cn3)c2=O)c1. The summed E-state index contributed by atoms with van der Waals surface area (Å²) in [6.07, 6.45) is 8.44. The molecule has 0 atom stereocenters. The van der Waals surface area contributed by atoms with Crippen LogP contribution in [0.3, 0.4) is 0 Å². The number of ether oxygens (including phenoxy) is 1. The number of aromatic amines is 1. The summed E-state index contributed by atoms with van der Waals surface area (Å²) in [5.41, 5.74) is 2.18. The smallest absolute Gasteiger partial charge is 0.334 e. The first-order valence-electron chi connectivity index (χ1n) is 8.21. The van der Waals surface area contributed by atoms with E-state index in [1.807, 2.05) is 6.07 Å². The number of H-pyrrole nitrogens is 1. The van der Waals surface area contributed by atoms with Crippen LogP contribution in [0.25, 0.3) is 16.9 Å². The van der Waals surface area contributed by atoms with Crippen LogP contribution >= 0.6 is 0 Å². The number of nitrogens with zero attached hydrogens (tertiary/aromatic N) is 4. The lowest BCUT2D eigenvalue weighted by atomic mass is 10.2. The second-order valence-corrected chi connectivity index (χ2v) is 5.97. The minimum Gasteiger partial charge on any atom is -0.497 e. The topological polar surface area (TPSA) is 77.7 Å². The maximum absolute atomic E-state index is 13.7. The second-order valence-electron chi connectivity index (χ2n) is 5.97. The minimum absolute atomic E-state index is 0.229. The first kappa shape index (κ1) is 16.8. The monoisotopic (exact) mass is 365 g/mol. The van der Waals surface area contributed by atoms with Gasteiger partial charge in [-0.25, -0.2) is 14.2 Å². The van der Waals surface area contributed by atoms with Crippen molar-refractivity contribution in [2.45, 2.75) is 6.54 Å². The average Bonchev–Trinajstić information content (AvgIpc) is 3.32. The third kappa shape index (κ3) is 3.37. The molecule has 0 bridgehead atoms. The molecule has 7 nitrogen and oxygen atoms in total. The van der Waals surface area contributed by atoms with Gasteiger partial charge in [-0.3, -0.25) is 14.2 Å². The molecule has 0 fully saturated rings. The molecule has 0 aliphatic carbocycles. The molecule has 0 aliphatic rings. The molecule has 27 heavy (non-hydrogen) atoms. The normalized spacial score (nSPS) is 10.9. The van der Waals surface area contributed by atoms with Crippen molar-refractivity contribution >= 4 is 0 Å². The predicted octanol–water partition coefficient (Wildman–Crippen LogP) is 2.62. The average molecular weight is 365 g/mol. The Bertz CT molecular complexity index is 1110. The van der Waals surface area contributed by atoms with Crippen LogP contribution in [0, 0.1) is 5.82 Å². The van der Waals surface area contributed by atoms with Crippen molar-refractivity contribution in [3.05, 3.63) is 83.2 Å². The summed E-state index contributed by atoms with van der Waals surface area (Å²) in [7, 11) is 1.47. The second kappa shape index (κ2) is 6.91. The zero-order chi connectivity index (χ0) is 18.8. The number of nitrogens with one attached hydrogen (secondary N) is 1. The quantitative estimate of drug-likeness (QED) is 0.590. The Morgan fingerprint density at radius 1 is 1.15 bits per heavy atom. The highest BCUT2D eigenvalue weighted by Crippen LogP contribution is 2.18. The molecule has 0 amide bonds. The first-order chi connectivity index (χ1) is 13.1. The molecular weight excluding hydrogens is 349 g/mol. The number of hydrogen-bond acceptors (Lipinski definition) is 4. The highest BCUT2D eigenvalue weighted by atomic mass is 19.1. The largest absolute Gasteiger partial charge is 0.497 e. The lowest BCUT2D eigenvalue weighted by molar-refractivity contribution is 0.410. The van der Waals surface area contributed by atoms with E-state index in [9.17, 15) is 9.18 Å². The number of hydrogen-bond donors (Lipinski definition) is 1. The van der Waals surface area contributed by atoms with Gasteiger partial charge >= 0.3 is 5.69 Å². The summed E-state index contributed by atoms with van der Waals surface area (Å²) in [6, 6.07) is 8.01. The van der Waals surface area contributed by atoms with Crippen molar-refractivity contribution in [1.82, 2.24) is 24.3 Å². The number of pyridine rings is 1. The Balaban J connectivity index is 1.61. The molecule has 0 aliphatic heterocycles. The third-order valence-electron chi connectivity index (χ3n) is 4.19. The van der Waals surface area contributed by atoms with E-state index < -0.39 is 5.82 Å². The van der Waals surface area contributed by atoms with E-state index in [1.165, 1.54) is 28.4 Å². The van der Waals surface area contributed by atoms with Gasteiger partial charge in [-0.05, 0) is 29.8 Å². The highest BCUT2D eigenvalue weighted by Gasteiger charge is 2.09. The van der Waals surface area contributed by atoms with E-state index in [0.29, 0.717) is 17.1 Å². The lowest BCUT2D eigenvalue weighted by Crippen LogP contribution is -2.24. The third-order valence-corrected chi connectivity index (χ3v) is 4.19. The van der Waals surface area contributed by atoms with Gasteiger partial charge in [-0.15, -0.1) is 0 Å². The van der Waals surface area contributed by atoms with Gasteiger partial charge in [0.1, 0.15) is 17.4 Å². The van der Waals surface area contributed by atoms with Crippen molar-refractivity contribution in [1.29, 1.82) is 0 Å². The van der Waals surface area contributed by atoms with E-state index in [0.717, 1.165) is 11.1 Å². The van der Waals surface area contributed by atoms with Crippen LogP contribution < -0.4 is 10.4 Å². The first-order valence-corrected chi connectivity index (χ1v) is 8.21. The maximum Gasteiger partial charge on any atom is 0.334 e. The molecule has 0 radical (unpaired) electrons. The van der Waals surface area contributed by atoms with Crippen molar-refractivity contribution in [2.24, 2.45) is 0 Å². The Kier molecular flexibility index (Phi) is 4.29. The number of aromatic nitrogens is 5. The van der Waals surface area contributed by atoms with Crippen LogP contribution in [0.4, 0.5) is 4.39 Å². The van der Waals surface area contributed by atoms with Crippen LogP contribution in [-0.4, -0.2) is 31.4 Å². The Morgan fingerprint density at radius 3 is 2.74 bits per heavy atom. The number of halogens is 1. The summed E-state index contributed by atoms with van der Waals surface area (Å²) < 4.78 is 21.7. The van der Waals surface area contributed by atoms with Gasteiger partial charge in [0.2, 0.25) is 0 Å². The van der Waals surface area contributed by atoms with Gasteiger partial charge in [0, 0.05) is 42.0 Å². The fraction of sp³-hybridized carbons (Fsp3) is 0.105. The Morgan fingerprint density at radius 2 is 2.04 bits per heavy atom. The molecule has 8 heteroatoms. The molecule has 1 N–H and O–H groups in total. The molecular formula is C19H16FN5O2. The number of imidazole rings is 1. The maximum atomic E-state index is 13.7. The van der Waals surface area contributed by atoms with Crippen LogP contribution in [0.2, 0.25) is 0 Å². The molecule has 0 spiro atoms. The summed E-state index contributed by atoms with van der Waals surface area (Å²) in [5, 5.41) is 6.66. The van der Waals surface area contributed by atoms with Crippen molar-refractivity contribution in [3.8, 4) is 22.7 Å². The van der Waals surface area contributed by atoms with E-state index >= 15 is 0 Å². The molecule has 0 saturated carbocycles. The number of methoxy groups -OCH3 is 1. The standard InChI is InChI=1S/C19H16FN5O2/c1-27-17-7-13(6-16(20)8-17)12-24-4-5-25(19(24)26)18-3-2-14(9-21-18)15-10-22-23-11-15/h2-11H,12H2,1H3,(H,22,23). The Labute approximate surface area is 153 Å². The summed E-state index contributed by atoms with van der Waals surface area (Å²) >= 11 is 0. The summed E-state index contributed by atoms with van der Waals surface area (Å²) in [6.45, 7) is 0.229. The van der Waals surface area contributed by atoms with E-state index in [4.69, 9.17) is 4.74 Å². The van der Waals surface area contributed by atoms with Crippen molar-refractivity contribution < 1.29 is 9.13 Å². The van der Waals surface area contributed by atoms with Crippen molar-refractivity contribution in [2.75, 3.05) is 7.11 Å². The fourth-order valence-electron chi connectivity index (χ4n) is 2.84. The van der Waals surface area contributed by atoms with Crippen LogP contribution in [-0.2, 0) is 6.54 Å². The highest BCUT2D eigenvalue weighted by molar-refractivity contribution is 5.60. The lowest BCUT2D eigenvalue weighted by Gasteiger charge is -2.06. The summed E-state index contributed by atoms with van der Waals surface area (Å²) in [4.78, 5) is 17.0. The van der Waals surface area contributed by atoms with Crippen LogP contribution in [0.15, 0.2) is 66.1 Å². The minimum atomic E-state index is -0.409. The van der Waals surface area contributed by atoms with Crippen molar-refractivity contribution in [3.63, 3.8) is 0 Å². The van der Waals surface area contributed by atoms with Gasteiger partial charge < -0.3 is 4.74 Å². The molecule has 3 aromatic heterocycles. The molecule has 136 valence electrons. The molecule has 4 rings (SSSR count). The van der Waals surface area contributed by atoms with E-state index in [1.54, 1.807) is 43.1 Å². The van der Waals surface area contributed by atoms with Crippen LogP contribution in [0.5, 0.6) is 5.75 Å². The Hall–Kier alpha value is -3.68. The molecule has 0 unspecified atom stereocenters. The van der Waals surface area contributed by atoms with Gasteiger partial charge in [-0.1, -0.05) is 0 Å². The number of rotatable bonds is 5. The molecule has 0 saturated heterocycles. The molecule has 3 heterocycles. The van der Waals surface area contributed by atoms with E-state index in [-0.39, 0.29) is 12.2 Å². The zero-order valence-electron chi connectivity index (χ0n) is 14.5. The van der Waals surface area contributed by atoms with Gasteiger partial charge in [-0.2, -0.15) is 5.10 Å². The summed E-state index contributed by atoms with van der Waals surface area (Å²) in [5.74, 6) is 0.505. The van der Waals surface area contributed by atoms with Gasteiger partial charge in [0.05, 0.1) is 19.9 Å². The molecule has 1 aromatic carbocycles. The van der Waals surface area contributed by atoms with Gasteiger partial charge in [0.15, 0.2) is 0 Å². The van der Waals surface area contributed by atoms with Gasteiger partial charge in [0.25, 0.3) is 0 Å². The molecule has 4 aromatic rings. The predicted molar refractivity (Wildman–Crippen MR) is 97.5 cm³/mol. The van der Waals surface area contributed by atoms with Crippen LogP contribution in [0.1, 0.15) is 5.56 Å². The fourth-order valence-corrected chi connectivity index (χ4v) is 2.84. The zero-order valence-corrected chi connectivity index (χ0v) is 14.5. The number of benzene rings is 1.